The van der Waals surface area contributed by atoms with Gasteiger partial charge in [-0.1, -0.05) is 48.5 Å². The molecule has 0 saturated heterocycles. The maximum atomic E-state index is 12.5. The largest absolute Gasteiger partial charge is 0.493 e. The van der Waals surface area contributed by atoms with Gasteiger partial charge < -0.3 is 9.47 Å². The van der Waals surface area contributed by atoms with Gasteiger partial charge in [0.2, 0.25) is 0 Å². The molecule has 4 heteroatoms. The lowest BCUT2D eigenvalue weighted by molar-refractivity contribution is -0.143. The topological polar surface area (TPSA) is 52.6 Å². The number of fused-ring (bicyclic) bond motifs is 3. The van der Waals surface area contributed by atoms with Gasteiger partial charge in [0.25, 0.3) is 0 Å². The summed E-state index contributed by atoms with van der Waals surface area (Å²) in [6, 6.07) is 19.9. The third-order valence-electron chi connectivity index (χ3n) is 5.39. The van der Waals surface area contributed by atoms with Crippen molar-refractivity contribution in [3.05, 3.63) is 88.5 Å². The predicted octanol–water partition coefficient (Wildman–Crippen LogP) is 5.07. The SMILES string of the molecule is Cc1ccc(C)c(OCCC(=O)OCC(=O)c2ccc3c(c2)-c2ccccc2C3)c1. The lowest BCUT2D eigenvalue weighted by Gasteiger charge is -2.10. The van der Waals surface area contributed by atoms with E-state index in [4.69, 9.17) is 9.47 Å². The number of ether oxygens (including phenoxy) is 2. The number of rotatable bonds is 7. The van der Waals surface area contributed by atoms with E-state index < -0.39 is 5.97 Å². The number of carbonyl (C=O) groups excluding carboxylic acids is 2. The number of hydrogen-bond acceptors (Lipinski definition) is 4. The van der Waals surface area contributed by atoms with Gasteiger partial charge in [-0.05, 0) is 65.8 Å². The van der Waals surface area contributed by atoms with Gasteiger partial charge in [0, 0.05) is 5.56 Å². The summed E-state index contributed by atoms with van der Waals surface area (Å²) in [6.45, 7) is 3.90. The van der Waals surface area contributed by atoms with Crippen LogP contribution in [0.2, 0.25) is 0 Å². The summed E-state index contributed by atoms with van der Waals surface area (Å²) in [6.07, 6.45) is 0.980. The number of Topliss-reactive ketones (excluding diaryl/α,β-unsaturated/α-hetero) is 1. The number of aryl methyl sites for hydroxylation is 2. The maximum absolute atomic E-state index is 12.5. The second-order valence-electron chi connectivity index (χ2n) is 7.66. The normalized spacial score (nSPS) is 11.5. The van der Waals surface area contributed by atoms with Gasteiger partial charge in [-0.25, -0.2) is 0 Å². The quantitative estimate of drug-likeness (QED) is 0.321. The minimum absolute atomic E-state index is 0.0955. The molecule has 152 valence electrons. The zero-order chi connectivity index (χ0) is 21.1. The van der Waals surface area contributed by atoms with Crippen LogP contribution in [0.4, 0.5) is 0 Å². The molecule has 30 heavy (non-hydrogen) atoms. The molecule has 1 aliphatic carbocycles. The third-order valence-corrected chi connectivity index (χ3v) is 5.39. The fourth-order valence-electron chi connectivity index (χ4n) is 3.71. The van der Waals surface area contributed by atoms with Gasteiger partial charge >= 0.3 is 5.97 Å². The monoisotopic (exact) mass is 400 g/mol. The minimum atomic E-state index is -0.444. The Hall–Kier alpha value is -3.40. The van der Waals surface area contributed by atoms with Gasteiger partial charge in [0.05, 0.1) is 13.0 Å². The smallest absolute Gasteiger partial charge is 0.309 e. The van der Waals surface area contributed by atoms with E-state index in [-0.39, 0.29) is 25.4 Å². The summed E-state index contributed by atoms with van der Waals surface area (Å²) >= 11 is 0. The van der Waals surface area contributed by atoms with Crippen LogP contribution in [0.25, 0.3) is 11.1 Å². The number of esters is 1. The number of carbonyl (C=O) groups is 2. The predicted molar refractivity (Wildman–Crippen MR) is 116 cm³/mol. The van der Waals surface area contributed by atoms with E-state index in [1.54, 1.807) is 0 Å². The molecule has 3 aromatic rings. The van der Waals surface area contributed by atoms with E-state index in [2.05, 4.69) is 12.1 Å². The molecule has 0 radical (unpaired) electrons. The molecule has 0 amide bonds. The molecule has 0 spiro atoms. The summed E-state index contributed by atoms with van der Waals surface area (Å²) in [5, 5.41) is 0. The van der Waals surface area contributed by atoms with E-state index in [1.165, 1.54) is 16.7 Å². The van der Waals surface area contributed by atoms with Gasteiger partial charge in [-0.3, -0.25) is 9.59 Å². The Labute approximate surface area is 176 Å². The summed E-state index contributed by atoms with van der Waals surface area (Å²) in [5.74, 6) is 0.114. The van der Waals surface area contributed by atoms with Crippen molar-refractivity contribution in [3.8, 4) is 16.9 Å². The molecule has 3 aromatic carbocycles. The van der Waals surface area contributed by atoms with E-state index in [0.29, 0.717) is 5.56 Å². The summed E-state index contributed by atoms with van der Waals surface area (Å²) in [7, 11) is 0. The van der Waals surface area contributed by atoms with Gasteiger partial charge in [-0.15, -0.1) is 0 Å². The molecule has 0 saturated carbocycles. The minimum Gasteiger partial charge on any atom is -0.493 e. The van der Waals surface area contributed by atoms with Crippen molar-refractivity contribution >= 4 is 11.8 Å². The van der Waals surface area contributed by atoms with Crippen molar-refractivity contribution in [2.45, 2.75) is 26.7 Å². The maximum Gasteiger partial charge on any atom is 0.309 e. The average molecular weight is 400 g/mol. The van der Waals surface area contributed by atoms with Crippen molar-refractivity contribution in [3.63, 3.8) is 0 Å². The van der Waals surface area contributed by atoms with Crippen molar-refractivity contribution in [1.82, 2.24) is 0 Å². The first kappa shape index (κ1) is 19.9. The number of benzene rings is 3. The second-order valence-corrected chi connectivity index (χ2v) is 7.66. The summed E-state index contributed by atoms with van der Waals surface area (Å²) in [4.78, 5) is 24.5. The van der Waals surface area contributed by atoms with E-state index >= 15 is 0 Å². The molecule has 0 heterocycles. The Morgan fingerprint density at radius 2 is 1.70 bits per heavy atom. The van der Waals surface area contributed by atoms with Crippen LogP contribution in [0.5, 0.6) is 5.75 Å². The fraction of sp³-hybridized carbons (Fsp3) is 0.231. The zero-order valence-corrected chi connectivity index (χ0v) is 17.2. The molecule has 0 bridgehead atoms. The standard InChI is InChI=1S/C26H24O4/c1-17-7-8-18(2)25(13-17)29-12-11-26(28)30-16-24(27)21-10-9-20-14-19-5-3-4-6-22(19)23(20)15-21/h3-10,13,15H,11-12,14,16H2,1-2H3. The van der Waals surface area contributed by atoms with Crippen LogP contribution in [0.1, 0.15) is 39.0 Å². The van der Waals surface area contributed by atoms with Crippen LogP contribution in [0.3, 0.4) is 0 Å². The lowest BCUT2D eigenvalue weighted by atomic mass is 10.0. The van der Waals surface area contributed by atoms with Crippen LogP contribution < -0.4 is 4.74 Å². The van der Waals surface area contributed by atoms with Crippen molar-refractivity contribution in [2.24, 2.45) is 0 Å². The highest BCUT2D eigenvalue weighted by Gasteiger charge is 2.20. The van der Waals surface area contributed by atoms with E-state index in [1.807, 2.05) is 62.4 Å². The molecule has 0 aliphatic heterocycles. The highest BCUT2D eigenvalue weighted by Crippen LogP contribution is 2.36. The zero-order valence-electron chi connectivity index (χ0n) is 17.2. The molecule has 4 nitrogen and oxygen atoms in total. The molecule has 0 N–H and O–H groups in total. The third kappa shape index (κ3) is 4.28. The summed E-state index contributed by atoms with van der Waals surface area (Å²) in [5.41, 5.74) is 7.42. The van der Waals surface area contributed by atoms with Crippen molar-refractivity contribution in [1.29, 1.82) is 0 Å². The molecular formula is C26H24O4. The highest BCUT2D eigenvalue weighted by molar-refractivity contribution is 5.99. The second kappa shape index (κ2) is 8.54. The number of hydrogen-bond donors (Lipinski definition) is 0. The molecule has 0 unspecified atom stereocenters. The molecular weight excluding hydrogens is 376 g/mol. The Bertz CT molecular complexity index is 1110. The molecule has 0 aromatic heterocycles. The van der Waals surface area contributed by atoms with E-state index in [0.717, 1.165) is 28.9 Å². The first-order valence-corrected chi connectivity index (χ1v) is 10.1. The van der Waals surface area contributed by atoms with Crippen molar-refractivity contribution in [2.75, 3.05) is 13.2 Å². The van der Waals surface area contributed by atoms with Gasteiger partial charge in [-0.2, -0.15) is 0 Å². The van der Waals surface area contributed by atoms with Gasteiger partial charge in [0.15, 0.2) is 12.4 Å². The van der Waals surface area contributed by atoms with Crippen LogP contribution in [-0.2, 0) is 16.0 Å². The van der Waals surface area contributed by atoms with E-state index in [9.17, 15) is 9.59 Å². The first-order valence-electron chi connectivity index (χ1n) is 10.1. The summed E-state index contributed by atoms with van der Waals surface area (Å²) < 4.78 is 10.8. The van der Waals surface area contributed by atoms with Gasteiger partial charge in [0.1, 0.15) is 5.75 Å². The molecule has 4 rings (SSSR count). The van der Waals surface area contributed by atoms with Crippen LogP contribution in [-0.4, -0.2) is 25.0 Å². The van der Waals surface area contributed by atoms with Crippen LogP contribution in [0.15, 0.2) is 60.7 Å². The molecule has 0 atom stereocenters. The van der Waals surface area contributed by atoms with Crippen molar-refractivity contribution < 1.29 is 19.1 Å². The molecule has 0 fully saturated rings. The van der Waals surface area contributed by atoms with Crippen LogP contribution >= 0.6 is 0 Å². The first-order chi connectivity index (χ1) is 14.5. The Morgan fingerprint density at radius 1 is 0.900 bits per heavy atom. The van der Waals surface area contributed by atoms with Crippen LogP contribution in [0, 0.1) is 13.8 Å². The Balaban J connectivity index is 1.30. The Morgan fingerprint density at radius 3 is 2.57 bits per heavy atom. The number of ketones is 1. The molecule has 1 aliphatic rings. The average Bonchev–Trinajstić information content (AvgIpc) is 3.12. The fourth-order valence-corrected chi connectivity index (χ4v) is 3.71. The lowest BCUT2D eigenvalue weighted by Crippen LogP contribution is -2.16. The Kier molecular flexibility index (Phi) is 5.66. The highest BCUT2D eigenvalue weighted by atomic mass is 16.5.